The van der Waals surface area contributed by atoms with Crippen LogP contribution in [-0.4, -0.2) is 32.4 Å². The van der Waals surface area contributed by atoms with Gasteiger partial charge in [-0.05, 0) is 19.8 Å². The first kappa shape index (κ1) is 12.0. The third-order valence-corrected chi connectivity index (χ3v) is 3.43. The van der Waals surface area contributed by atoms with Crippen LogP contribution in [0.15, 0.2) is 0 Å². The van der Waals surface area contributed by atoms with Crippen molar-refractivity contribution in [1.82, 2.24) is 5.32 Å². The highest BCUT2D eigenvalue weighted by Gasteiger charge is 2.50. The predicted molar refractivity (Wildman–Crippen MR) is 54.6 cm³/mol. The molecule has 0 aromatic heterocycles. The highest BCUT2D eigenvalue weighted by Crippen LogP contribution is 2.45. The Morgan fingerprint density at radius 3 is 2.47 bits per heavy atom. The Balaban J connectivity index is 2.50. The van der Waals surface area contributed by atoms with E-state index in [1.54, 1.807) is 6.92 Å². The Morgan fingerprint density at radius 1 is 1.60 bits per heavy atom. The van der Waals surface area contributed by atoms with E-state index in [2.05, 4.69) is 5.32 Å². The van der Waals surface area contributed by atoms with Gasteiger partial charge in [-0.15, -0.1) is 0 Å². The standard InChI is InChI=1S/C9H14N2O3S/c1-7(5-15(2,13)14)11-8(12)9(6-10)3-4-9/h7H,3-5H2,1-2H3,(H,11,12). The average molecular weight is 230 g/mol. The van der Waals surface area contributed by atoms with Crippen LogP contribution in [0.1, 0.15) is 19.8 Å². The summed E-state index contributed by atoms with van der Waals surface area (Å²) in [5, 5.41) is 11.3. The van der Waals surface area contributed by atoms with Gasteiger partial charge in [-0.1, -0.05) is 0 Å². The van der Waals surface area contributed by atoms with E-state index < -0.39 is 21.3 Å². The van der Waals surface area contributed by atoms with Gasteiger partial charge in [-0.2, -0.15) is 5.26 Å². The Kier molecular flexibility index (Phi) is 3.05. The highest BCUT2D eigenvalue weighted by molar-refractivity contribution is 7.90. The first-order valence-electron chi connectivity index (χ1n) is 4.69. The molecule has 1 saturated carbocycles. The fourth-order valence-electron chi connectivity index (χ4n) is 1.37. The van der Waals surface area contributed by atoms with Gasteiger partial charge in [-0.3, -0.25) is 4.79 Å². The normalized spacial score (nSPS) is 20.1. The summed E-state index contributed by atoms with van der Waals surface area (Å²) in [4.78, 5) is 11.5. The Hall–Kier alpha value is -1.09. The van der Waals surface area contributed by atoms with Crippen LogP contribution >= 0.6 is 0 Å². The third kappa shape index (κ3) is 3.20. The van der Waals surface area contributed by atoms with Crippen LogP contribution in [0.4, 0.5) is 0 Å². The molecule has 1 aliphatic rings. The van der Waals surface area contributed by atoms with Crippen molar-refractivity contribution >= 4 is 15.7 Å². The highest BCUT2D eigenvalue weighted by atomic mass is 32.2. The van der Waals surface area contributed by atoms with Gasteiger partial charge in [0, 0.05) is 12.3 Å². The largest absolute Gasteiger partial charge is 0.351 e. The van der Waals surface area contributed by atoms with Crippen molar-refractivity contribution in [2.75, 3.05) is 12.0 Å². The first-order valence-corrected chi connectivity index (χ1v) is 6.75. The monoisotopic (exact) mass is 230 g/mol. The zero-order valence-electron chi connectivity index (χ0n) is 8.78. The van der Waals surface area contributed by atoms with E-state index in [1.165, 1.54) is 0 Å². The van der Waals surface area contributed by atoms with Crippen molar-refractivity contribution in [3.05, 3.63) is 0 Å². The molecular weight excluding hydrogens is 216 g/mol. The molecule has 0 heterocycles. The molecule has 1 aliphatic carbocycles. The van der Waals surface area contributed by atoms with Crippen LogP contribution < -0.4 is 5.32 Å². The lowest BCUT2D eigenvalue weighted by molar-refractivity contribution is -0.124. The Labute approximate surface area is 89.4 Å². The number of nitrogens with zero attached hydrogens (tertiary/aromatic N) is 1. The number of hydrogen-bond donors (Lipinski definition) is 1. The maximum Gasteiger partial charge on any atom is 0.240 e. The number of hydrogen-bond acceptors (Lipinski definition) is 4. The molecule has 1 atom stereocenters. The number of carbonyl (C=O) groups excluding carboxylic acids is 1. The molecule has 6 heteroatoms. The van der Waals surface area contributed by atoms with Gasteiger partial charge < -0.3 is 5.32 Å². The molecule has 0 spiro atoms. The summed E-state index contributed by atoms with van der Waals surface area (Å²) in [6.07, 6.45) is 2.26. The number of carbonyl (C=O) groups is 1. The number of rotatable bonds is 4. The lowest BCUT2D eigenvalue weighted by atomic mass is 10.1. The third-order valence-electron chi connectivity index (χ3n) is 2.33. The molecule has 0 aliphatic heterocycles. The van der Waals surface area contributed by atoms with Gasteiger partial charge in [0.25, 0.3) is 0 Å². The zero-order chi connectivity index (χ0) is 11.7. The van der Waals surface area contributed by atoms with Crippen molar-refractivity contribution in [2.24, 2.45) is 5.41 Å². The minimum absolute atomic E-state index is 0.0970. The van der Waals surface area contributed by atoms with Crippen molar-refractivity contribution in [3.63, 3.8) is 0 Å². The van der Waals surface area contributed by atoms with Crippen molar-refractivity contribution < 1.29 is 13.2 Å². The number of nitriles is 1. The second-order valence-electron chi connectivity index (χ2n) is 4.16. The molecule has 1 unspecified atom stereocenters. The molecule has 0 aromatic rings. The van der Waals surface area contributed by atoms with E-state index in [-0.39, 0.29) is 11.7 Å². The fourth-order valence-corrected chi connectivity index (χ4v) is 2.36. The smallest absolute Gasteiger partial charge is 0.240 e. The fraction of sp³-hybridized carbons (Fsp3) is 0.778. The lowest BCUT2D eigenvalue weighted by Crippen LogP contribution is -2.41. The number of nitrogens with one attached hydrogen (secondary N) is 1. The van der Waals surface area contributed by atoms with Gasteiger partial charge in [0.05, 0.1) is 11.8 Å². The van der Waals surface area contributed by atoms with Gasteiger partial charge >= 0.3 is 0 Å². The van der Waals surface area contributed by atoms with Crippen LogP contribution in [0.25, 0.3) is 0 Å². The van der Waals surface area contributed by atoms with Gasteiger partial charge in [0.15, 0.2) is 0 Å². The summed E-state index contributed by atoms with van der Waals surface area (Å²) in [6, 6.07) is 1.51. The maximum atomic E-state index is 11.5. The van der Waals surface area contributed by atoms with Crippen molar-refractivity contribution in [3.8, 4) is 6.07 Å². The molecule has 1 N–H and O–H groups in total. The molecule has 1 fully saturated rings. The second-order valence-corrected chi connectivity index (χ2v) is 6.35. The van der Waals surface area contributed by atoms with Crippen LogP contribution in [0.3, 0.4) is 0 Å². The van der Waals surface area contributed by atoms with Gasteiger partial charge in [0.2, 0.25) is 5.91 Å². The summed E-state index contributed by atoms with van der Waals surface area (Å²) in [5.41, 5.74) is -0.883. The molecule has 0 saturated heterocycles. The van der Waals surface area contributed by atoms with Crippen LogP contribution in [-0.2, 0) is 14.6 Å². The van der Waals surface area contributed by atoms with Crippen LogP contribution in [0.5, 0.6) is 0 Å². The minimum atomic E-state index is -3.10. The van der Waals surface area contributed by atoms with E-state index in [0.29, 0.717) is 12.8 Å². The topological polar surface area (TPSA) is 87.0 Å². The van der Waals surface area contributed by atoms with Crippen LogP contribution in [0, 0.1) is 16.7 Å². The molecule has 1 rings (SSSR count). The van der Waals surface area contributed by atoms with E-state index in [9.17, 15) is 13.2 Å². The molecule has 84 valence electrons. The molecular formula is C9H14N2O3S. The van der Waals surface area contributed by atoms with Crippen LogP contribution in [0.2, 0.25) is 0 Å². The lowest BCUT2D eigenvalue weighted by Gasteiger charge is -2.14. The predicted octanol–water partition coefficient (Wildman–Crippen LogP) is -0.161. The molecule has 15 heavy (non-hydrogen) atoms. The zero-order valence-corrected chi connectivity index (χ0v) is 9.60. The van der Waals surface area contributed by atoms with E-state index in [1.807, 2.05) is 6.07 Å². The molecule has 0 aromatic carbocycles. The summed E-state index contributed by atoms with van der Waals surface area (Å²) >= 11 is 0. The van der Waals surface area contributed by atoms with E-state index in [4.69, 9.17) is 5.26 Å². The second kappa shape index (κ2) is 3.81. The Bertz CT molecular complexity index is 404. The summed E-state index contributed by atoms with van der Waals surface area (Å²) in [7, 11) is -3.10. The average Bonchev–Trinajstić information content (AvgIpc) is 2.79. The summed E-state index contributed by atoms with van der Waals surface area (Å²) < 4.78 is 21.9. The minimum Gasteiger partial charge on any atom is -0.351 e. The van der Waals surface area contributed by atoms with Crippen molar-refractivity contribution in [1.29, 1.82) is 5.26 Å². The number of amides is 1. The quantitative estimate of drug-likeness (QED) is 0.727. The number of sulfone groups is 1. The summed E-state index contributed by atoms with van der Waals surface area (Å²) in [6.45, 7) is 1.62. The molecule has 0 radical (unpaired) electrons. The summed E-state index contributed by atoms with van der Waals surface area (Å²) in [5.74, 6) is -0.443. The maximum absolute atomic E-state index is 11.5. The molecule has 1 amide bonds. The van der Waals surface area contributed by atoms with E-state index in [0.717, 1.165) is 6.26 Å². The van der Waals surface area contributed by atoms with Crippen molar-refractivity contribution in [2.45, 2.75) is 25.8 Å². The van der Waals surface area contributed by atoms with Gasteiger partial charge in [0.1, 0.15) is 15.3 Å². The Morgan fingerprint density at radius 2 is 2.13 bits per heavy atom. The first-order chi connectivity index (χ1) is 6.79. The molecule has 5 nitrogen and oxygen atoms in total. The molecule has 0 bridgehead atoms. The van der Waals surface area contributed by atoms with E-state index >= 15 is 0 Å². The SMILES string of the molecule is CC(CS(C)(=O)=O)NC(=O)C1(C#N)CC1. The van der Waals surface area contributed by atoms with Gasteiger partial charge in [-0.25, -0.2) is 8.42 Å².